The Hall–Kier alpha value is -3.11. The van der Waals surface area contributed by atoms with E-state index in [9.17, 15) is 0 Å². The molecule has 0 radical (unpaired) electrons. The fourth-order valence-corrected chi connectivity index (χ4v) is 5.67. The van der Waals surface area contributed by atoms with Gasteiger partial charge in [-0.15, -0.1) is 0 Å². The van der Waals surface area contributed by atoms with Crippen molar-refractivity contribution in [2.75, 3.05) is 18.4 Å². The third-order valence-corrected chi connectivity index (χ3v) is 7.54. The molecule has 5 heterocycles. The van der Waals surface area contributed by atoms with E-state index >= 15 is 0 Å². The fraction of sp³-hybridized carbons (Fsp3) is 0.321. The van der Waals surface area contributed by atoms with Crippen LogP contribution in [0, 0.1) is 5.92 Å². The van der Waals surface area contributed by atoms with Crippen LogP contribution in [-0.4, -0.2) is 39.6 Å². The molecule has 0 aliphatic carbocycles. The molecular weight excluding hydrogens is 392 g/mol. The van der Waals surface area contributed by atoms with Crippen LogP contribution in [0.5, 0.6) is 0 Å². The molecule has 3 saturated heterocycles. The summed E-state index contributed by atoms with van der Waals surface area (Å²) in [5.74, 6) is 0.789. The molecule has 4 nitrogen and oxygen atoms in total. The first-order valence-electron chi connectivity index (χ1n) is 11.8. The molecule has 32 heavy (non-hydrogen) atoms. The summed E-state index contributed by atoms with van der Waals surface area (Å²) in [5, 5.41) is 5.04. The third kappa shape index (κ3) is 3.59. The van der Waals surface area contributed by atoms with Crippen LogP contribution in [0.4, 0.5) is 5.69 Å². The second-order valence-corrected chi connectivity index (χ2v) is 9.42. The lowest BCUT2D eigenvalue weighted by atomic mass is 9.79. The van der Waals surface area contributed by atoms with Crippen LogP contribution in [0.3, 0.4) is 0 Å². The summed E-state index contributed by atoms with van der Waals surface area (Å²) in [6, 6.07) is 24.9. The van der Waals surface area contributed by atoms with Crippen LogP contribution in [-0.2, 0) is 6.54 Å². The van der Waals surface area contributed by atoms with E-state index in [2.05, 4.69) is 94.6 Å². The number of anilines is 1. The lowest BCUT2D eigenvalue weighted by molar-refractivity contribution is 0.0458. The van der Waals surface area contributed by atoms with Crippen molar-refractivity contribution in [1.29, 1.82) is 0 Å². The van der Waals surface area contributed by atoms with Gasteiger partial charge in [0.25, 0.3) is 0 Å². The average Bonchev–Trinajstić information content (AvgIpc) is 3.24. The molecular formula is C28H30N4. The van der Waals surface area contributed by atoms with E-state index in [0.717, 1.165) is 29.4 Å². The molecule has 2 aromatic carbocycles. The summed E-state index contributed by atoms with van der Waals surface area (Å²) in [7, 11) is 0. The zero-order valence-electron chi connectivity index (χ0n) is 18.6. The molecule has 4 aromatic rings. The molecule has 0 spiro atoms. The number of pyridine rings is 1. The van der Waals surface area contributed by atoms with Crippen LogP contribution < -0.4 is 5.32 Å². The molecule has 4 heteroatoms. The van der Waals surface area contributed by atoms with Crippen molar-refractivity contribution in [1.82, 2.24) is 14.5 Å². The predicted octanol–water partition coefficient (Wildman–Crippen LogP) is 5.65. The molecule has 7 rings (SSSR count). The second kappa shape index (κ2) is 8.10. The number of rotatable bonds is 5. The Morgan fingerprint density at radius 1 is 0.969 bits per heavy atom. The first-order valence-corrected chi connectivity index (χ1v) is 11.8. The summed E-state index contributed by atoms with van der Waals surface area (Å²) in [6.45, 7) is 5.78. The molecule has 2 bridgehead atoms. The molecule has 0 saturated carbocycles. The van der Waals surface area contributed by atoms with Crippen molar-refractivity contribution in [2.45, 2.75) is 38.4 Å². The highest BCUT2D eigenvalue weighted by molar-refractivity contribution is 5.85. The number of nitrogens with one attached hydrogen (secondary N) is 1. The summed E-state index contributed by atoms with van der Waals surface area (Å²) in [5.41, 5.74) is 5.89. The van der Waals surface area contributed by atoms with Crippen LogP contribution in [0.15, 0.2) is 79.1 Å². The highest BCUT2D eigenvalue weighted by Crippen LogP contribution is 2.34. The lowest BCUT2D eigenvalue weighted by Gasteiger charge is -2.50. The van der Waals surface area contributed by atoms with Gasteiger partial charge >= 0.3 is 0 Å². The van der Waals surface area contributed by atoms with E-state index < -0.39 is 0 Å². The second-order valence-electron chi connectivity index (χ2n) is 9.42. The smallest absolute Gasteiger partial charge is 0.0703 e. The van der Waals surface area contributed by atoms with Gasteiger partial charge in [0.2, 0.25) is 0 Å². The van der Waals surface area contributed by atoms with Gasteiger partial charge in [0, 0.05) is 41.3 Å². The van der Waals surface area contributed by atoms with Gasteiger partial charge in [-0.25, -0.2) is 0 Å². The van der Waals surface area contributed by atoms with Gasteiger partial charge in [-0.3, -0.25) is 9.88 Å². The molecule has 1 N–H and O–H groups in total. The Morgan fingerprint density at radius 3 is 2.56 bits per heavy atom. The van der Waals surface area contributed by atoms with Gasteiger partial charge in [0.05, 0.1) is 17.6 Å². The van der Waals surface area contributed by atoms with Gasteiger partial charge in [-0.05, 0) is 74.7 Å². The van der Waals surface area contributed by atoms with Crippen molar-refractivity contribution in [3.63, 3.8) is 0 Å². The quantitative estimate of drug-likeness (QED) is 0.451. The highest BCUT2D eigenvalue weighted by atomic mass is 15.2. The zero-order valence-corrected chi connectivity index (χ0v) is 18.6. The van der Waals surface area contributed by atoms with Crippen molar-refractivity contribution < 1.29 is 0 Å². The minimum atomic E-state index is 0.533. The molecule has 0 unspecified atom stereocenters. The summed E-state index contributed by atoms with van der Waals surface area (Å²) < 4.78 is 2.31. The van der Waals surface area contributed by atoms with Gasteiger partial charge < -0.3 is 9.88 Å². The molecule has 0 amide bonds. The van der Waals surface area contributed by atoms with Crippen molar-refractivity contribution in [3.05, 3.63) is 84.7 Å². The van der Waals surface area contributed by atoms with E-state index in [1.54, 1.807) is 0 Å². The van der Waals surface area contributed by atoms with Crippen LogP contribution in [0.1, 0.15) is 25.3 Å². The number of piperidine rings is 3. The van der Waals surface area contributed by atoms with E-state index in [0.29, 0.717) is 12.1 Å². The Bertz CT molecular complexity index is 1200. The monoisotopic (exact) mass is 422 g/mol. The number of nitrogens with zero attached hydrogens (tertiary/aromatic N) is 3. The SMILES string of the molecule is C[C@@H]1[C@@H](Nc2ccc(-c3ccc4c(ccn4Cc4ccccc4)c3)nc2)C2CCN1CC2. The maximum atomic E-state index is 4.80. The van der Waals surface area contributed by atoms with E-state index in [1.807, 2.05) is 6.20 Å². The maximum Gasteiger partial charge on any atom is 0.0703 e. The number of hydrogen-bond acceptors (Lipinski definition) is 3. The summed E-state index contributed by atoms with van der Waals surface area (Å²) in [6.07, 6.45) is 6.82. The molecule has 2 atom stereocenters. The molecule has 3 aliphatic heterocycles. The Kier molecular flexibility index (Phi) is 4.95. The average molecular weight is 423 g/mol. The number of benzene rings is 2. The Balaban J connectivity index is 1.20. The molecule has 3 aliphatic rings. The number of hydrogen-bond donors (Lipinski definition) is 1. The standard InChI is InChI=1S/C28H30N4/c1-20-28(22-11-14-31(20)15-12-22)30-25-8-9-26(29-18-25)23-7-10-27-24(17-23)13-16-32(27)19-21-5-3-2-4-6-21/h2-10,13,16-18,20,22,28,30H,11-12,14-15,19H2,1H3/t20-,28-/m1/s1. The molecule has 3 fully saturated rings. The van der Waals surface area contributed by atoms with Gasteiger partial charge in [-0.2, -0.15) is 0 Å². The maximum absolute atomic E-state index is 4.80. The van der Waals surface area contributed by atoms with E-state index in [-0.39, 0.29) is 0 Å². The van der Waals surface area contributed by atoms with Crippen molar-refractivity contribution >= 4 is 16.6 Å². The largest absolute Gasteiger partial charge is 0.379 e. The van der Waals surface area contributed by atoms with Crippen LogP contribution in [0.25, 0.3) is 22.2 Å². The third-order valence-electron chi connectivity index (χ3n) is 7.54. The van der Waals surface area contributed by atoms with Crippen LogP contribution in [0.2, 0.25) is 0 Å². The number of aromatic nitrogens is 2. The van der Waals surface area contributed by atoms with Crippen molar-refractivity contribution in [3.8, 4) is 11.3 Å². The van der Waals surface area contributed by atoms with E-state index in [4.69, 9.17) is 4.98 Å². The highest BCUT2D eigenvalue weighted by Gasteiger charge is 2.39. The number of fused-ring (bicyclic) bond motifs is 4. The first-order chi connectivity index (χ1) is 15.7. The normalized spacial score (nSPS) is 24.7. The first kappa shape index (κ1) is 19.6. The Labute approximate surface area is 189 Å². The molecule has 2 aromatic heterocycles. The summed E-state index contributed by atoms with van der Waals surface area (Å²) >= 11 is 0. The Morgan fingerprint density at radius 2 is 1.81 bits per heavy atom. The van der Waals surface area contributed by atoms with Gasteiger partial charge in [0.1, 0.15) is 0 Å². The van der Waals surface area contributed by atoms with E-state index in [1.165, 1.54) is 42.4 Å². The topological polar surface area (TPSA) is 33.1 Å². The summed E-state index contributed by atoms with van der Waals surface area (Å²) in [4.78, 5) is 7.42. The van der Waals surface area contributed by atoms with Gasteiger partial charge in [0.15, 0.2) is 0 Å². The van der Waals surface area contributed by atoms with Crippen molar-refractivity contribution in [2.24, 2.45) is 5.92 Å². The minimum Gasteiger partial charge on any atom is -0.379 e. The van der Waals surface area contributed by atoms with Crippen LogP contribution >= 0.6 is 0 Å². The molecule has 162 valence electrons. The lowest BCUT2D eigenvalue weighted by Crippen LogP contribution is -2.59. The predicted molar refractivity (Wildman–Crippen MR) is 132 cm³/mol. The van der Waals surface area contributed by atoms with Gasteiger partial charge in [-0.1, -0.05) is 36.4 Å². The zero-order chi connectivity index (χ0) is 21.5. The minimum absolute atomic E-state index is 0.533. The fourth-order valence-electron chi connectivity index (χ4n) is 5.67.